The molecule has 0 fully saturated rings. The maximum absolute atomic E-state index is 9.57. The first-order valence-electron chi connectivity index (χ1n) is 3.59. The van der Waals surface area contributed by atoms with Crippen molar-refractivity contribution < 1.29 is 0 Å². The third kappa shape index (κ3) is 2.93. The predicted molar refractivity (Wildman–Crippen MR) is 137 cm³/mol. The molecule has 0 spiro atoms. The molecule has 0 saturated heterocycles. The minimum absolute atomic E-state index is 0.0202. The smallest absolute Gasteiger partial charge is 0.165 e. The number of alkyl halides is 6. The van der Waals surface area contributed by atoms with Crippen LogP contribution in [0.3, 0.4) is 0 Å². The number of nitrogens with zero attached hydrogens (tertiary/aromatic N) is 1. The number of allylic oxidation sites excluding steroid dienone is 2. The Labute approximate surface area is 204 Å². The molecule has 1 aliphatic carbocycles. The first-order chi connectivity index (χ1) is 7.04. The van der Waals surface area contributed by atoms with E-state index in [-0.39, 0.29) is 2.86 Å². The summed E-state index contributed by atoms with van der Waals surface area (Å²) in [5, 5.41) is 9.57. The lowest BCUT2D eigenvalue weighted by Crippen LogP contribution is -2.57. The number of hydrogen-bond acceptors (Lipinski definition) is 1. The lowest BCUT2D eigenvalue weighted by atomic mass is 9.97. The van der Waals surface area contributed by atoms with Crippen molar-refractivity contribution in [3.8, 4) is 6.07 Å². The predicted octanol–water partition coefficient (Wildman–Crippen LogP) is 6.72. The van der Waals surface area contributed by atoms with Crippen LogP contribution < -0.4 is 0 Å². The van der Waals surface area contributed by atoms with E-state index in [0.29, 0.717) is 3.92 Å². The van der Waals surface area contributed by atoms with Crippen LogP contribution in [0.25, 0.3) is 0 Å². The molecule has 2 unspecified atom stereocenters. The highest BCUT2D eigenvalue weighted by Crippen LogP contribution is 2.69. The molecular weight excluding hydrogens is 1110 g/mol. The van der Waals surface area contributed by atoms with Crippen LogP contribution in [0.1, 0.15) is 0 Å². The van der Waals surface area contributed by atoms with Gasteiger partial charge in [0.05, 0.1) is 9.99 Å². The fraction of sp³-hybridized carbons (Fsp3) is 0.571. The van der Waals surface area contributed by atoms with Gasteiger partial charge in [0.25, 0.3) is 0 Å². The molecule has 1 aliphatic rings. The molecule has 0 heterocycles. The molecule has 16 heavy (non-hydrogen) atoms. The van der Waals surface area contributed by atoms with E-state index in [2.05, 4.69) is 187 Å². The average Bonchev–Trinajstić information content (AvgIpc) is 2.22. The SMILES string of the molecule is N#CC1(I)C(I)=C(I)C(I)C(I)(I)C1(I)I. The van der Waals surface area contributed by atoms with E-state index in [1.54, 1.807) is 0 Å². The molecule has 0 saturated carbocycles. The van der Waals surface area contributed by atoms with Gasteiger partial charge in [-0.15, -0.1) is 0 Å². The Morgan fingerprint density at radius 3 is 1.88 bits per heavy atom. The summed E-state index contributed by atoms with van der Waals surface area (Å²) in [6, 6.07) is 2.52. The van der Waals surface area contributed by atoms with Crippen LogP contribution in [0.15, 0.2) is 7.16 Å². The Morgan fingerprint density at radius 2 is 1.50 bits per heavy atom. The fourth-order valence-electron chi connectivity index (χ4n) is 1.08. The summed E-state index contributed by atoms with van der Waals surface area (Å²) in [5.41, 5.74) is 0. The topological polar surface area (TPSA) is 23.8 Å². The Morgan fingerprint density at radius 1 is 1.06 bits per heavy atom. The third-order valence-corrected chi connectivity index (χ3v) is 25.8. The van der Waals surface area contributed by atoms with Gasteiger partial charge >= 0.3 is 0 Å². The van der Waals surface area contributed by atoms with Crippen molar-refractivity contribution >= 4 is 181 Å². The first-order valence-corrected chi connectivity index (χ1v) is 12.4. The second-order valence-electron chi connectivity index (χ2n) is 2.99. The minimum atomic E-state index is -0.451. The number of halogens is 8. The van der Waals surface area contributed by atoms with Crippen LogP contribution in [0.5, 0.6) is 0 Å². The zero-order chi connectivity index (χ0) is 12.9. The Balaban J connectivity index is 3.61. The van der Waals surface area contributed by atoms with Crippen molar-refractivity contribution in [2.75, 3.05) is 0 Å². The lowest BCUT2D eigenvalue weighted by molar-refractivity contribution is 0.747. The molecule has 0 aromatic carbocycles. The van der Waals surface area contributed by atoms with E-state index >= 15 is 0 Å². The highest BCUT2D eigenvalue weighted by Gasteiger charge is 2.66. The van der Waals surface area contributed by atoms with Crippen molar-refractivity contribution in [1.29, 1.82) is 5.26 Å². The van der Waals surface area contributed by atoms with Crippen LogP contribution in [0.4, 0.5) is 0 Å². The summed E-state index contributed by atoms with van der Waals surface area (Å²) in [7, 11) is 0. The molecule has 0 N–H and O–H groups in total. The maximum Gasteiger partial charge on any atom is 0.165 e. The molecule has 90 valence electrons. The third-order valence-electron chi connectivity index (χ3n) is 2.06. The highest BCUT2D eigenvalue weighted by atomic mass is 127. The van der Waals surface area contributed by atoms with Gasteiger partial charge in [-0.3, -0.25) is 0 Å². The fourth-order valence-corrected chi connectivity index (χ4v) is 12.7. The minimum Gasteiger partial charge on any atom is -0.196 e. The normalized spacial score (nSPS) is 37.1. The van der Waals surface area contributed by atoms with Crippen molar-refractivity contribution in [3.63, 3.8) is 0 Å². The molecule has 9 heteroatoms. The summed E-state index contributed by atoms with van der Waals surface area (Å²) in [4.78, 5) is 0. The molecule has 0 aliphatic heterocycles. The van der Waals surface area contributed by atoms with Gasteiger partial charge in [0.1, 0.15) is 2.86 Å². The Bertz CT molecular complexity index is 394. The Hall–Kier alpha value is 5.07. The van der Waals surface area contributed by atoms with E-state index in [1.165, 1.54) is 7.16 Å². The quantitative estimate of drug-likeness (QED) is 0.196. The molecule has 1 nitrogen and oxygen atoms in total. The molecule has 0 radical (unpaired) electrons. The lowest BCUT2D eigenvalue weighted by Gasteiger charge is -2.49. The zero-order valence-corrected chi connectivity index (χ0v) is 24.3. The molecule has 0 bridgehead atoms. The maximum atomic E-state index is 9.57. The molecular formula is C7HI8N. The number of nitriles is 1. The van der Waals surface area contributed by atoms with E-state index in [9.17, 15) is 5.26 Å². The van der Waals surface area contributed by atoms with Gasteiger partial charge < -0.3 is 0 Å². The van der Waals surface area contributed by atoms with Gasteiger partial charge in [-0.1, -0.05) is 136 Å². The largest absolute Gasteiger partial charge is 0.196 e. The van der Waals surface area contributed by atoms with Crippen molar-refractivity contribution in [2.45, 2.75) is 10.2 Å². The van der Waals surface area contributed by atoms with Gasteiger partial charge in [0.2, 0.25) is 0 Å². The van der Waals surface area contributed by atoms with Crippen LogP contribution in [-0.2, 0) is 0 Å². The van der Waals surface area contributed by atoms with Crippen LogP contribution in [0.2, 0.25) is 0 Å². The van der Waals surface area contributed by atoms with Crippen molar-refractivity contribution in [3.05, 3.63) is 7.16 Å². The van der Waals surface area contributed by atoms with Gasteiger partial charge in [0.15, 0.2) is 3.42 Å². The van der Waals surface area contributed by atoms with Crippen LogP contribution >= 0.6 is 181 Å². The zero-order valence-electron chi connectivity index (χ0n) is 7.05. The molecule has 0 aromatic heterocycles. The summed E-state index contributed by atoms with van der Waals surface area (Å²) >= 11 is 19.4. The van der Waals surface area contributed by atoms with E-state index < -0.39 is 3.42 Å². The monoisotopic (exact) mass is 1110 g/mol. The van der Waals surface area contributed by atoms with Crippen LogP contribution in [-0.4, -0.2) is 10.2 Å². The van der Waals surface area contributed by atoms with Gasteiger partial charge in [-0.2, -0.15) is 5.26 Å². The molecule has 0 amide bonds. The summed E-state index contributed by atoms with van der Waals surface area (Å²) in [6.07, 6.45) is 0. The van der Waals surface area contributed by atoms with Crippen molar-refractivity contribution in [2.24, 2.45) is 0 Å². The van der Waals surface area contributed by atoms with Gasteiger partial charge in [-0.05, 0) is 45.2 Å². The second kappa shape index (κ2) is 6.67. The van der Waals surface area contributed by atoms with E-state index in [4.69, 9.17) is 0 Å². The number of hydrogen-bond donors (Lipinski definition) is 0. The second-order valence-corrected chi connectivity index (χ2v) is 18.9. The van der Waals surface area contributed by atoms with E-state index in [0.717, 1.165) is 0 Å². The average molecular weight is 1110 g/mol. The summed E-state index contributed by atoms with van der Waals surface area (Å²) in [5.74, 6) is 0. The molecule has 1 rings (SSSR count). The molecule has 2 atom stereocenters. The first kappa shape index (κ1) is 19.1. The summed E-state index contributed by atoms with van der Waals surface area (Å²) in [6.45, 7) is 0. The highest BCUT2D eigenvalue weighted by molar-refractivity contribution is 14.2. The molecule has 0 aromatic rings. The number of rotatable bonds is 0. The van der Waals surface area contributed by atoms with Crippen molar-refractivity contribution in [1.82, 2.24) is 0 Å². The van der Waals surface area contributed by atoms with Gasteiger partial charge in [-0.25, -0.2) is 0 Å². The van der Waals surface area contributed by atoms with Crippen LogP contribution in [0, 0.1) is 11.3 Å². The Kier molecular flexibility index (Phi) is 7.97. The van der Waals surface area contributed by atoms with Gasteiger partial charge in [0, 0.05) is 7.16 Å². The summed E-state index contributed by atoms with van der Waals surface area (Å²) < 4.78 is 2.36. The van der Waals surface area contributed by atoms with E-state index in [1.807, 2.05) is 0 Å². The standard InChI is InChI=1S/C7HI8N/c8-2-3(9)5(11,1-16)7(14,15)6(12,13)4(2)10/h4H.